The number of nitrogens with one attached hydrogen (secondary N) is 3. The summed E-state index contributed by atoms with van der Waals surface area (Å²) >= 11 is 0. The lowest BCUT2D eigenvalue weighted by molar-refractivity contribution is 0.230. The summed E-state index contributed by atoms with van der Waals surface area (Å²) in [6, 6.07) is 1.97. The lowest BCUT2D eigenvalue weighted by Gasteiger charge is -2.23. The second-order valence-corrected chi connectivity index (χ2v) is 9.66. The molecular weight excluding hydrogens is 392 g/mol. The van der Waals surface area contributed by atoms with E-state index in [1.54, 1.807) is 0 Å². The fourth-order valence-electron chi connectivity index (χ4n) is 3.91. The van der Waals surface area contributed by atoms with Crippen molar-refractivity contribution in [2.45, 2.75) is 52.0 Å². The summed E-state index contributed by atoms with van der Waals surface area (Å²) in [6.07, 6.45) is 4.90. The number of carbonyl (C=O) groups excluding carboxylic acids is 1. The number of aromatic nitrogens is 2. The van der Waals surface area contributed by atoms with Crippen LogP contribution in [0.3, 0.4) is 0 Å². The van der Waals surface area contributed by atoms with E-state index in [-0.39, 0.29) is 11.6 Å². The smallest absolute Gasteiger partial charge is 0.315 e. The Morgan fingerprint density at radius 2 is 1.61 bits per heavy atom. The lowest BCUT2D eigenvalue weighted by atomic mass is 10.1. The highest BCUT2D eigenvalue weighted by molar-refractivity contribution is 5.74. The molecule has 1 aromatic rings. The lowest BCUT2D eigenvalue weighted by Crippen LogP contribution is -2.48. The number of hydrogen-bond acceptors (Lipinski definition) is 7. The van der Waals surface area contributed by atoms with Crippen molar-refractivity contribution < 1.29 is 4.79 Å². The van der Waals surface area contributed by atoms with Crippen LogP contribution in [-0.2, 0) is 0 Å². The molecular formula is C22H40N8O. The molecule has 174 valence electrons. The minimum Gasteiger partial charge on any atom is -0.369 e. The summed E-state index contributed by atoms with van der Waals surface area (Å²) in [5.74, 6) is 2.79. The molecule has 2 aliphatic rings. The molecule has 3 rings (SSSR count). The van der Waals surface area contributed by atoms with Gasteiger partial charge in [0.15, 0.2) is 0 Å². The Balaban J connectivity index is 1.47. The molecule has 3 N–H and O–H groups in total. The fourth-order valence-corrected chi connectivity index (χ4v) is 3.91. The van der Waals surface area contributed by atoms with E-state index in [1.807, 2.05) is 20.8 Å². The highest BCUT2D eigenvalue weighted by Crippen LogP contribution is 2.25. The number of carbonyl (C=O) groups is 1. The van der Waals surface area contributed by atoms with E-state index in [4.69, 9.17) is 9.97 Å². The van der Waals surface area contributed by atoms with Crippen molar-refractivity contribution in [3.05, 3.63) is 6.07 Å². The molecule has 0 aromatic carbocycles. The Bertz CT molecular complexity index is 674. The van der Waals surface area contributed by atoms with Crippen LogP contribution in [0.4, 0.5) is 22.4 Å². The third-order valence-electron chi connectivity index (χ3n) is 5.59. The van der Waals surface area contributed by atoms with Crippen LogP contribution in [0.25, 0.3) is 0 Å². The molecule has 0 bridgehead atoms. The van der Waals surface area contributed by atoms with E-state index >= 15 is 0 Å². The van der Waals surface area contributed by atoms with E-state index in [0.717, 1.165) is 63.4 Å². The van der Waals surface area contributed by atoms with Crippen molar-refractivity contribution in [2.24, 2.45) is 0 Å². The number of anilines is 3. The molecule has 2 amide bonds. The van der Waals surface area contributed by atoms with Gasteiger partial charge in [-0.1, -0.05) is 0 Å². The van der Waals surface area contributed by atoms with Gasteiger partial charge in [0.25, 0.3) is 0 Å². The average Bonchev–Trinajstić information content (AvgIpc) is 3.40. The quantitative estimate of drug-likeness (QED) is 0.551. The van der Waals surface area contributed by atoms with Crippen molar-refractivity contribution in [2.75, 3.05) is 74.5 Å². The predicted molar refractivity (Wildman–Crippen MR) is 127 cm³/mol. The molecule has 0 atom stereocenters. The Morgan fingerprint density at radius 3 is 2.26 bits per heavy atom. The summed E-state index contributed by atoms with van der Waals surface area (Å²) in [7, 11) is 2.07. The van der Waals surface area contributed by atoms with Gasteiger partial charge in [-0.15, -0.1) is 0 Å². The molecule has 0 saturated carbocycles. The minimum absolute atomic E-state index is 0.121. The number of urea groups is 1. The third kappa shape index (κ3) is 7.72. The maximum Gasteiger partial charge on any atom is 0.315 e. The zero-order valence-corrected chi connectivity index (χ0v) is 19.7. The molecule has 0 spiro atoms. The van der Waals surface area contributed by atoms with Gasteiger partial charge in [-0.25, -0.2) is 4.79 Å². The van der Waals surface area contributed by atoms with E-state index in [2.05, 4.69) is 43.8 Å². The van der Waals surface area contributed by atoms with Crippen molar-refractivity contribution in [3.63, 3.8) is 0 Å². The van der Waals surface area contributed by atoms with Gasteiger partial charge >= 0.3 is 6.03 Å². The van der Waals surface area contributed by atoms with Gasteiger partial charge in [0.05, 0.1) is 0 Å². The van der Waals surface area contributed by atoms with Crippen LogP contribution in [0.1, 0.15) is 46.5 Å². The number of rotatable bonds is 9. The normalized spacial score (nSPS) is 16.8. The highest BCUT2D eigenvalue weighted by Gasteiger charge is 2.20. The monoisotopic (exact) mass is 432 g/mol. The maximum atomic E-state index is 11.8. The number of amides is 2. The van der Waals surface area contributed by atoms with Crippen molar-refractivity contribution >= 4 is 23.6 Å². The van der Waals surface area contributed by atoms with Crippen molar-refractivity contribution in [1.82, 2.24) is 25.5 Å². The summed E-state index contributed by atoms with van der Waals surface area (Å²) < 4.78 is 0. The maximum absolute atomic E-state index is 11.8. The Hall–Kier alpha value is -2.29. The second kappa shape index (κ2) is 10.8. The Morgan fingerprint density at radius 1 is 1.00 bits per heavy atom. The first-order chi connectivity index (χ1) is 14.8. The molecule has 0 aliphatic carbocycles. The molecule has 9 heteroatoms. The molecule has 0 unspecified atom stereocenters. The topological polar surface area (TPSA) is 88.7 Å². The SMILES string of the molecule is CN(CCNC(=O)NC(C)(C)C)CCNc1cc(N2CCCC2)nc(N2CCCC2)n1. The molecule has 2 aliphatic heterocycles. The van der Waals surface area contributed by atoms with Crippen LogP contribution in [0.15, 0.2) is 6.07 Å². The predicted octanol–water partition coefficient (Wildman–Crippen LogP) is 2.12. The van der Waals surface area contributed by atoms with Crippen molar-refractivity contribution in [3.8, 4) is 0 Å². The first-order valence-electron chi connectivity index (χ1n) is 11.7. The highest BCUT2D eigenvalue weighted by atomic mass is 16.2. The average molecular weight is 433 g/mol. The van der Waals surface area contributed by atoms with Crippen LogP contribution >= 0.6 is 0 Å². The van der Waals surface area contributed by atoms with Gasteiger partial charge in [0.2, 0.25) is 5.95 Å². The van der Waals surface area contributed by atoms with Crippen LogP contribution in [0.5, 0.6) is 0 Å². The second-order valence-electron chi connectivity index (χ2n) is 9.66. The van der Waals surface area contributed by atoms with Crippen LogP contribution < -0.4 is 25.8 Å². The summed E-state index contributed by atoms with van der Waals surface area (Å²) in [5.41, 5.74) is -0.223. The van der Waals surface area contributed by atoms with Crippen LogP contribution in [-0.4, -0.2) is 85.8 Å². The van der Waals surface area contributed by atoms with Crippen LogP contribution in [0.2, 0.25) is 0 Å². The number of likely N-dealkylation sites (N-methyl/N-ethyl adjacent to an activating group) is 1. The van der Waals surface area contributed by atoms with Gasteiger partial charge in [-0.2, -0.15) is 9.97 Å². The molecule has 31 heavy (non-hydrogen) atoms. The van der Waals surface area contributed by atoms with E-state index in [0.29, 0.717) is 6.54 Å². The third-order valence-corrected chi connectivity index (χ3v) is 5.59. The molecule has 2 fully saturated rings. The molecule has 9 nitrogen and oxygen atoms in total. The summed E-state index contributed by atoms with van der Waals surface area (Å²) in [5, 5.41) is 9.31. The standard InChI is InChI=1S/C22H40N8O/c1-22(2,3)27-21(31)24-10-16-28(4)15-9-23-18-17-19(29-11-5-6-12-29)26-20(25-18)30-13-7-8-14-30/h17H,5-16H2,1-4H3,(H,23,25,26)(H2,24,27,31). The fraction of sp³-hybridized carbons (Fsp3) is 0.773. The zero-order chi connectivity index (χ0) is 22.3. The van der Waals surface area contributed by atoms with E-state index in [1.165, 1.54) is 25.7 Å². The minimum atomic E-state index is -0.223. The summed E-state index contributed by atoms with van der Waals surface area (Å²) in [4.78, 5) is 28.4. The number of nitrogens with zero attached hydrogens (tertiary/aromatic N) is 5. The van der Waals surface area contributed by atoms with Gasteiger partial charge in [0.1, 0.15) is 11.6 Å². The van der Waals surface area contributed by atoms with E-state index < -0.39 is 0 Å². The largest absolute Gasteiger partial charge is 0.369 e. The van der Waals surface area contributed by atoms with Gasteiger partial charge in [-0.3, -0.25) is 0 Å². The molecule has 1 aromatic heterocycles. The zero-order valence-electron chi connectivity index (χ0n) is 19.7. The van der Waals surface area contributed by atoms with E-state index in [9.17, 15) is 4.79 Å². The molecule has 0 radical (unpaired) electrons. The van der Waals surface area contributed by atoms with Gasteiger partial charge in [-0.05, 0) is 53.5 Å². The first-order valence-corrected chi connectivity index (χ1v) is 11.7. The van der Waals surface area contributed by atoms with Crippen LogP contribution in [0, 0.1) is 0 Å². The Kier molecular flexibility index (Phi) is 8.17. The Labute approximate surface area is 187 Å². The molecule has 2 saturated heterocycles. The number of hydrogen-bond donors (Lipinski definition) is 3. The van der Waals surface area contributed by atoms with Gasteiger partial charge in [0, 0.05) is 64.0 Å². The van der Waals surface area contributed by atoms with Gasteiger partial charge < -0.3 is 30.7 Å². The first kappa shape index (κ1) is 23.4. The summed E-state index contributed by atoms with van der Waals surface area (Å²) in [6.45, 7) is 13.2. The molecule has 3 heterocycles. The van der Waals surface area contributed by atoms with Crippen molar-refractivity contribution in [1.29, 1.82) is 0 Å².